The van der Waals surface area contributed by atoms with Crippen molar-refractivity contribution >= 4 is 49.0 Å². The lowest BCUT2D eigenvalue weighted by molar-refractivity contribution is -0.137. The summed E-state index contributed by atoms with van der Waals surface area (Å²) in [5.74, 6) is 0.941. The van der Waals surface area contributed by atoms with Gasteiger partial charge in [0.15, 0.2) is 17.3 Å². The number of hydrogen-bond donors (Lipinski definition) is 0. The number of halogens is 5. The first-order chi connectivity index (χ1) is 18.8. The highest BCUT2D eigenvalue weighted by molar-refractivity contribution is 9.13. The molecule has 1 heterocycles. The Morgan fingerprint density at radius 2 is 1.73 bits per heavy atom. The maximum atomic E-state index is 13.5. The summed E-state index contributed by atoms with van der Waals surface area (Å²) in [6.07, 6.45) is -3.15. The number of ether oxygens (including phenoxy) is 2. The molecule has 4 aromatic rings. The predicted octanol–water partition coefficient (Wildman–Crippen LogP) is 8.31. The fraction of sp³-hybridized carbons (Fsp3) is 0.276. The SMILES string of the molecule is CCOc1cc(C=Nn2c(-c3cccc(C(F)(F)F)c3)nc3ccccc3c2=O)c(Br)c(Br)c1OCC(C)(C)C. The number of hydrogen-bond acceptors (Lipinski definition) is 5. The van der Waals surface area contributed by atoms with E-state index < -0.39 is 17.3 Å². The highest BCUT2D eigenvalue weighted by Crippen LogP contribution is 2.43. The minimum atomic E-state index is -4.56. The van der Waals surface area contributed by atoms with Gasteiger partial charge in [0.05, 0.1) is 40.4 Å². The van der Waals surface area contributed by atoms with Gasteiger partial charge in [0, 0.05) is 15.6 Å². The molecule has 0 radical (unpaired) electrons. The van der Waals surface area contributed by atoms with Crippen molar-refractivity contribution in [2.45, 2.75) is 33.9 Å². The summed E-state index contributed by atoms with van der Waals surface area (Å²) in [6.45, 7) is 8.81. The molecular weight excluding hydrogens is 655 g/mol. The van der Waals surface area contributed by atoms with Gasteiger partial charge < -0.3 is 9.47 Å². The fourth-order valence-corrected chi connectivity index (χ4v) is 4.69. The monoisotopic (exact) mass is 679 g/mol. The largest absolute Gasteiger partial charge is 0.490 e. The molecule has 4 rings (SSSR count). The van der Waals surface area contributed by atoms with Gasteiger partial charge in [0.1, 0.15) is 0 Å². The highest BCUT2D eigenvalue weighted by atomic mass is 79.9. The van der Waals surface area contributed by atoms with Gasteiger partial charge in [-0.05, 0) is 74.5 Å². The zero-order valence-corrected chi connectivity index (χ0v) is 25.3. The van der Waals surface area contributed by atoms with Crippen molar-refractivity contribution < 1.29 is 22.6 Å². The summed E-state index contributed by atoms with van der Waals surface area (Å²) < 4.78 is 54.5. The van der Waals surface area contributed by atoms with E-state index in [1.165, 1.54) is 18.3 Å². The van der Waals surface area contributed by atoms with Crippen molar-refractivity contribution in [3.63, 3.8) is 0 Å². The fourth-order valence-electron chi connectivity index (χ4n) is 3.76. The number of rotatable bonds is 7. The van der Waals surface area contributed by atoms with Crippen LogP contribution in [-0.2, 0) is 6.18 Å². The normalized spacial score (nSPS) is 12.3. The molecule has 0 bridgehead atoms. The average Bonchev–Trinajstić information content (AvgIpc) is 2.89. The van der Waals surface area contributed by atoms with Crippen LogP contribution in [0.25, 0.3) is 22.3 Å². The molecule has 0 aliphatic rings. The van der Waals surface area contributed by atoms with Crippen LogP contribution in [0.2, 0.25) is 0 Å². The first-order valence-electron chi connectivity index (χ1n) is 12.3. The molecule has 0 saturated carbocycles. The Balaban J connectivity index is 1.88. The van der Waals surface area contributed by atoms with Crippen LogP contribution in [0.3, 0.4) is 0 Å². The lowest BCUT2D eigenvalue weighted by atomic mass is 9.99. The first kappa shape index (κ1) is 29.8. The number of alkyl halides is 3. The van der Waals surface area contributed by atoms with Crippen molar-refractivity contribution in [1.82, 2.24) is 9.66 Å². The molecular formula is C29H26Br2F3N3O3. The van der Waals surface area contributed by atoms with Crippen LogP contribution in [0.1, 0.15) is 38.8 Å². The van der Waals surface area contributed by atoms with Gasteiger partial charge in [0.25, 0.3) is 5.56 Å². The molecule has 11 heteroatoms. The molecule has 0 atom stereocenters. The van der Waals surface area contributed by atoms with E-state index in [0.29, 0.717) is 44.7 Å². The molecule has 0 saturated heterocycles. The Kier molecular flexibility index (Phi) is 8.75. The smallest absolute Gasteiger partial charge is 0.416 e. The zero-order valence-electron chi connectivity index (χ0n) is 22.1. The Morgan fingerprint density at radius 3 is 2.40 bits per heavy atom. The van der Waals surface area contributed by atoms with Gasteiger partial charge in [-0.25, -0.2) is 4.98 Å². The second-order valence-electron chi connectivity index (χ2n) is 10.1. The summed E-state index contributed by atoms with van der Waals surface area (Å²) in [5, 5.41) is 4.68. The first-order valence-corrected chi connectivity index (χ1v) is 13.9. The molecule has 1 aromatic heterocycles. The molecule has 0 fully saturated rings. The Labute approximate surface area is 246 Å². The van der Waals surface area contributed by atoms with Gasteiger partial charge in [-0.3, -0.25) is 4.79 Å². The third kappa shape index (κ3) is 6.58. The predicted molar refractivity (Wildman–Crippen MR) is 157 cm³/mol. The average molecular weight is 681 g/mol. The molecule has 0 spiro atoms. The van der Waals surface area contributed by atoms with Crippen LogP contribution in [0, 0.1) is 5.41 Å². The maximum Gasteiger partial charge on any atom is 0.416 e. The van der Waals surface area contributed by atoms with E-state index in [2.05, 4.69) is 62.7 Å². The van der Waals surface area contributed by atoms with Gasteiger partial charge >= 0.3 is 6.18 Å². The molecule has 0 N–H and O–H groups in total. The van der Waals surface area contributed by atoms with Gasteiger partial charge in [-0.2, -0.15) is 22.9 Å². The van der Waals surface area contributed by atoms with Crippen LogP contribution in [0.5, 0.6) is 11.5 Å². The molecule has 3 aromatic carbocycles. The molecule has 210 valence electrons. The summed E-state index contributed by atoms with van der Waals surface area (Å²) in [6, 6.07) is 12.9. The standard InChI is InChI=1S/C29H26Br2F3N3O3/c1-5-39-22-14-18(23(30)24(31)25(22)40-16-28(2,3)4)15-35-37-26(17-9-8-10-19(13-17)29(32,33)34)36-21-12-7-6-11-20(21)27(37)38/h6-15H,5,16H2,1-4H3. The Hall–Kier alpha value is -3.18. The number of fused-ring (bicyclic) bond motifs is 1. The van der Waals surface area contributed by atoms with E-state index in [1.807, 2.05) is 6.92 Å². The topological polar surface area (TPSA) is 65.7 Å². The van der Waals surface area contributed by atoms with E-state index in [1.54, 1.807) is 30.3 Å². The number of nitrogens with zero attached hydrogens (tertiary/aromatic N) is 3. The summed E-state index contributed by atoms with van der Waals surface area (Å²) in [5.41, 5.74) is -0.514. The second-order valence-corrected chi connectivity index (χ2v) is 11.7. The lowest BCUT2D eigenvalue weighted by Gasteiger charge is -2.22. The molecule has 0 unspecified atom stereocenters. The third-order valence-electron chi connectivity index (χ3n) is 5.62. The molecule has 0 aliphatic heterocycles. The van der Waals surface area contributed by atoms with E-state index in [4.69, 9.17) is 9.47 Å². The summed E-state index contributed by atoms with van der Waals surface area (Å²) in [4.78, 5) is 18.0. The quantitative estimate of drug-likeness (QED) is 0.184. The summed E-state index contributed by atoms with van der Waals surface area (Å²) in [7, 11) is 0. The van der Waals surface area contributed by atoms with E-state index >= 15 is 0 Å². The zero-order chi connectivity index (χ0) is 29.2. The van der Waals surface area contributed by atoms with E-state index in [9.17, 15) is 18.0 Å². The van der Waals surface area contributed by atoms with Gasteiger partial charge in [-0.15, -0.1) is 0 Å². The molecule has 40 heavy (non-hydrogen) atoms. The van der Waals surface area contributed by atoms with Crippen LogP contribution in [-0.4, -0.2) is 29.1 Å². The molecule has 0 aliphatic carbocycles. The third-order valence-corrected chi connectivity index (χ3v) is 7.76. The van der Waals surface area contributed by atoms with E-state index in [-0.39, 0.29) is 22.2 Å². The van der Waals surface area contributed by atoms with Gasteiger partial charge in [0.2, 0.25) is 0 Å². The van der Waals surface area contributed by atoms with Crippen molar-refractivity contribution in [1.29, 1.82) is 0 Å². The highest BCUT2D eigenvalue weighted by Gasteiger charge is 2.31. The molecule has 0 amide bonds. The van der Waals surface area contributed by atoms with Crippen LogP contribution >= 0.6 is 31.9 Å². The van der Waals surface area contributed by atoms with Crippen molar-refractivity contribution in [2.75, 3.05) is 13.2 Å². The second kappa shape index (κ2) is 11.7. The maximum absolute atomic E-state index is 13.5. The lowest BCUT2D eigenvalue weighted by Crippen LogP contribution is -2.20. The van der Waals surface area contributed by atoms with Crippen molar-refractivity contribution in [2.24, 2.45) is 10.5 Å². The number of para-hydroxylation sites is 1. The van der Waals surface area contributed by atoms with E-state index in [0.717, 1.165) is 16.8 Å². The van der Waals surface area contributed by atoms with Crippen LogP contribution < -0.4 is 15.0 Å². The number of aromatic nitrogens is 2. The van der Waals surface area contributed by atoms with Crippen molar-refractivity contribution in [3.8, 4) is 22.9 Å². The van der Waals surface area contributed by atoms with Crippen LogP contribution in [0.4, 0.5) is 13.2 Å². The minimum Gasteiger partial charge on any atom is -0.490 e. The Bertz CT molecular complexity index is 1640. The number of benzene rings is 3. The molecule has 6 nitrogen and oxygen atoms in total. The minimum absolute atomic E-state index is 0.0311. The van der Waals surface area contributed by atoms with Crippen LogP contribution in [0.15, 0.2) is 73.4 Å². The summed E-state index contributed by atoms with van der Waals surface area (Å²) >= 11 is 7.13. The van der Waals surface area contributed by atoms with Gasteiger partial charge in [-0.1, -0.05) is 45.0 Å². The Morgan fingerprint density at radius 1 is 1.00 bits per heavy atom. The van der Waals surface area contributed by atoms with Crippen molar-refractivity contribution in [3.05, 3.63) is 85.0 Å².